The second kappa shape index (κ2) is 7.72. The first-order chi connectivity index (χ1) is 12.3. The topological polar surface area (TPSA) is 82.1 Å². The Bertz CT molecular complexity index is 531. The van der Waals surface area contributed by atoms with E-state index in [2.05, 4.69) is 24.1 Å². The van der Waals surface area contributed by atoms with Crippen molar-refractivity contribution >= 4 is 12.0 Å². The summed E-state index contributed by atoms with van der Waals surface area (Å²) in [6.07, 6.45) is 6.39. The summed E-state index contributed by atoms with van der Waals surface area (Å²) in [5.41, 5.74) is -0.156. The number of carboxylic acids is 1. The minimum Gasteiger partial charge on any atom is -0.481 e. The van der Waals surface area contributed by atoms with E-state index in [0.29, 0.717) is 26.1 Å². The van der Waals surface area contributed by atoms with Crippen LogP contribution in [0.2, 0.25) is 0 Å². The van der Waals surface area contributed by atoms with E-state index in [9.17, 15) is 9.59 Å². The summed E-state index contributed by atoms with van der Waals surface area (Å²) >= 11 is 0. The Morgan fingerprint density at radius 3 is 2.54 bits per heavy atom. The van der Waals surface area contributed by atoms with E-state index < -0.39 is 11.9 Å². The highest BCUT2D eigenvalue weighted by Crippen LogP contribution is 2.36. The van der Waals surface area contributed by atoms with Gasteiger partial charge >= 0.3 is 12.0 Å². The van der Waals surface area contributed by atoms with Crippen LogP contribution in [0.3, 0.4) is 0 Å². The van der Waals surface area contributed by atoms with Gasteiger partial charge in [-0.05, 0) is 33.1 Å². The quantitative estimate of drug-likeness (QED) is 0.793. The van der Waals surface area contributed by atoms with Gasteiger partial charge in [-0.1, -0.05) is 19.3 Å². The number of amides is 2. The molecule has 0 spiro atoms. The van der Waals surface area contributed by atoms with Gasteiger partial charge in [0.15, 0.2) is 0 Å². The molecule has 0 aromatic heterocycles. The molecule has 0 aromatic rings. The summed E-state index contributed by atoms with van der Waals surface area (Å²) in [4.78, 5) is 27.9. The first kappa shape index (κ1) is 19.4. The molecule has 7 nitrogen and oxygen atoms in total. The lowest BCUT2D eigenvalue weighted by molar-refractivity contribution is -0.141. The zero-order chi connectivity index (χ0) is 18.8. The average molecular weight is 367 g/mol. The Kier molecular flexibility index (Phi) is 5.77. The molecule has 2 N–H and O–H groups in total. The van der Waals surface area contributed by atoms with E-state index in [-0.39, 0.29) is 17.2 Å². The van der Waals surface area contributed by atoms with Crippen molar-refractivity contribution in [3.63, 3.8) is 0 Å². The van der Waals surface area contributed by atoms with Crippen LogP contribution in [0.1, 0.15) is 52.4 Å². The molecule has 2 saturated heterocycles. The fourth-order valence-electron chi connectivity index (χ4n) is 4.73. The molecule has 3 rings (SSSR count). The van der Waals surface area contributed by atoms with Crippen molar-refractivity contribution in [2.45, 2.75) is 63.5 Å². The van der Waals surface area contributed by atoms with Gasteiger partial charge in [-0.25, -0.2) is 4.79 Å². The molecular formula is C19H33N3O4. The normalized spacial score (nSPS) is 28.7. The maximum absolute atomic E-state index is 12.6. The van der Waals surface area contributed by atoms with Crippen LogP contribution < -0.4 is 5.32 Å². The third-order valence-corrected chi connectivity index (χ3v) is 6.27. The molecule has 2 amide bonds. The number of likely N-dealkylation sites (tertiary alicyclic amines) is 1. The Morgan fingerprint density at radius 2 is 1.92 bits per heavy atom. The highest BCUT2D eigenvalue weighted by atomic mass is 16.5. The van der Waals surface area contributed by atoms with Crippen molar-refractivity contribution in [1.29, 1.82) is 0 Å². The molecule has 0 radical (unpaired) electrons. The molecule has 1 saturated carbocycles. The molecule has 148 valence electrons. The predicted octanol–water partition coefficient (Wildman–Crippen LogP) is 1.92. The number of aliphatic carboxylic acids is 1. The maximum atomic E-state index is 12.6. The van der Waals surface area contributed by atoms with Gasteiger partial charge in [-0.2, -0.15) is 0 Å². The van der Waals surface area contributed by atoms with Crippen molar-refractivity contribution in [3.8, 4) is 0 Å². The van der Waals surface area contributed by atoms with Gasteiger partial charge < -0.3 is 20.1 Å². The largest absolute Gasteiger partial charge is 0.481 e. The van der Waals surface area contributed by atoms with Gasteiger partial charge in [-0.15, -0.1) is 0 Å². The molecular weight excluding hydrogens is 334 g/mol. The number of carbonyl (C=O) groups excluding carboxylic acids is 1. The summed E-state index contributed by atoms with van der Waals surface area (Å²) in [5.74, 6) is -1.23. The van der Waals surface area contributed by atoms with Gasteiger partial charge in [0.05, 0.1) is 18.1 Å². The zero-order valence-electron chi connectivity index (χ0n) is 16.1. The van der Waals surface area contributed by atoms with Crippen LogP contribution in [0.25, 0.3) is 0 Å². The minimum atomic E-state index is -0.806. The Hall–Kier alpha value is -1.34. The number of nitrogens with zero attached hydrogens (tertiary/aromatic N) is 2. The van der Waals surface area contributed by atoms with Crippen LogP contribution >= 0.6 is 0 Å². The van der Waals surface area contributed by atoms with Crippen LogP contribution in [0.15, 0.2) is 0 Å². The second-order valence-electron chi connectivity index (χ2n) is 8.74. The molecule has 3 fully saturated rings. The summed E-state index contributed by atoms with van der Waals surface area (Å²) in [6, 6.07) is -0.119. The number of rotatable bonds is 4. The molecule has 7 heteroatoms. The van der Waals surface area contributed by atoms with Gasteiger partial charge in [-0.3, -0.25) is 9.69 Å². The number of carboxylic acid groups (broad SMARTS) is 1. The minimum absolute atomic E-state index is 0.000877. The second-order valence-corrected chi connectivity index (χ2v) is 8.74. The fourth-order valence-corrected chi connectivity index (χ4v) is 4.73. The standard InChI is InChI=1S/C19H33N3O4/c1-18(2)14-22(10-11-26-18)19(7-4-3-5-8-19)13-20-17(25)21-9-6-15(12-21)16(23)24/h15H,3-14H2,1-2H3,(H,20,25)(H,23,24). The number of hydrogen-bond acceptors (Lipinski definition) is 4. The summed E-state index contributed by atoms with van der Waals surface area (Å²) in [7, 11) is 0. The number of morpholine rings is 1. The summed E-state index contributed by atoms with van der Waals surface area (Å²) < 4.78 is 5.88. The molecule has 3 aliphatic rings. The molecule has 2 aliphatic heterocycles. The first-order valence-electron chi connectivity index (χ1n) is 9.96. The van der Waals surface area contributed by atoms with E-state index in [4.69, 9.17) is 9.84 Å². The molecule has 26 heavy (non-hydrogen) atoms. The van der Waals surface area contributed by atoms with E-state index in [1.807, 2.05) is 0 Å². The lowest BCUT2D eigenvalue weighted by atomic mass is 9.79. The number of nitrogens with one attached hydrogen (secondary N) is 1. The number of hydrogen-bond donors (Lipinski definition) is 2. The smallest absolute Gasteiger partial charge is 0.317 e. The number of urea groups is 1. The first-order valence-corrected chi connectivity index (χ1v) is 9.96. The van der Waals surface area contributed by atoms with Crippen molar-refractivity contribution in [1.82, 2.24) is 15.1 Å². The third kappa shape index (κ3) is 4.31. The molecule has 1 aliphatic carbocycles. The van der Waals surface area contributed by atoms with Crippen LogP contribution in [0.4, 0.5) is 4.79 Å². The molecule has 1 unspecified atom stereocenters. The average Bonchev–Trinajstić information content (AvgIpc) is 3.10. The van der Waals surface area contributed by atoms with E-state index in [1.165, 1.54) is 19.3 Å². The number of ether oxygens (including phenoxy) is 1. The summed E-state index contributed by atoms with van der Waals surface area (Å²) in [6.45, 7) is 8.26. The molecule has 2 heterocycles. The molecule has 0 aromatic carbocycles. The van der Waals surface area contributed by atoms with Gasteiger partial charge in [0.25, 0.3) is 0 Å². The Labute approximate surface area is 156 Å². The lowest BCUT2D eigenvalue weighted by Crippen LogP contribution is -2.63. The lowest BCUT2D eigenvalue weighted by Gasteiger charge is -2.51. The van der Waals surface area contributed by atoms with Crippen LogP contribution in [-0.4, -0.2) is 77.4 Å². The third-order valence-electron chi connectivity index (χ3n) is 6.27. The predicted molar refractivity (Wildman–Crippen MR) is 98.1 cm³/mol. The SMILES string of the molecule is CC1(C)CN(C2(CNC(=O)N3CCC(C(=O)O)C3)CCCCC2)CCO1. The van der Waals surface area contributed by atoms with Gasteiger partial charge in [0, 0.05) is 38.3 Å². The molecule has 1 atom stereocenters. The van der Waals surface area contributed by atoms with E-state index >= 15 is 0 Å². The Morgan fingerprint density at radius 1 is 1.19 bits per heavy atom. The highest BCUT2D eigenvalue weighted by molar-refractivity contribution is 5.77. The summed E-state index contributed by atoms with van der Waals surface area (Å²) in [5, 5.41) is 12.3. The van der Waals surface area contributed by atoms with E-state index in [0.717, 1.165) is 32.5 Å². The van der Waals surface area contributed by atoms with Crippen LogP contribution in [-0.2, 0) is 9.53 Å². The molecule has 0 bridgehead atoms. The number of carbonyl (C=O) groups is 2. The van der Waals surface area contributed by atoms with Gasteiger partial charge in [0.1, 0.15) is 0 Å². The monoisotopic (exact) mass is 367 g/mol. The zero-order valence-corrected chi connectivity index (χ0v) is 16.1. The van der Waals surface area contributed by atoms with Crippen molar-refractivity contribution in [2.24, 2.45) is 5.92 Å². The maximum Gasteiger partial charge on any atom is 0.317 e. The van der Waals surface area contributed by atoms with Gasteiger partial charge in [0.2, 0.25) is 0 Å². The highest BCUT2D eigenvalue weighted by Gasteiger charge is 2.43. The van der Waals surface area contributed by atoms with E-state index in [1.54, 1.807) is 4.90 Å². The van der Waals surface area contributed by atoms with Crippen molar-refractivity contribution < 1.29 is 19.4 Å². The van der Waals surface area contributed by atoms with Crippen molar-refractivity contribution in [3.05, 3.63) is 0 Å². The fraction of sp³-hybridized carbons (Fsp3) is 0.895. The van der Waals surface area contributed by atoms with Crippen LogP contribution in [0.5, 0.6) is 0 Å². The van der Waals surface area contributed by atoms with Crippen molar-refractivity contribution in [2.75, 3.05) is 39.3 Å². The Balaban J connectivity index is 1.62. The van der Waals surface area contributed by atoms with Crippen LogP contribution in [0, 0.1) is 5.92 Å².